The summed E-state index contributed by atoms with van der Waals surface area (Å²) in [6, 6.07) is -3.24. The second-order valence-electron chi connectivity index (χ2n) is 33.8. The Morgan fingerprint density at radius 2 is 0.522 bits per heavy atom. The Hall–Kier alpha value is -9.37. The van der Waals surface area contributed by atoms with Gasteiger partial charge in [0, 0.05) is 161 Å². The minimum Gasteiger partial charge on any atom is -0.481 e. The van der Waals surface area contributed by atoms with Crippen LogP contribution >= 0.6 is 0 Å². The molecule has 4 aliphatic rings. The Morgan fingerprint density at radius 1 is 0.269 bits per heavy atom. The molecule has 3 heterocycles. The predicted molar refractivity (Wildman–Crippen MR) is 471 cm³/mol. The minimum atomic E-state index is -1.25. The Bertz CT molecular complexity index is 3490. The Labute approximate surface area is 784 Å². The molecule has 8 N–H and O–H groups in total. The van der Waals surface area contributed by atoms with Crippen molar-refractivity contribution >= 4 is 101 Å². The van der Waals surface area contributed by atoms with Crippen molar-refractivity contribution in [2.24, 2.45) is 5.92 Å². The molecule has 4 fully saturated rings. The molecule has 17 atom stereocenters. The zero-order valence-electron chi connectivity index (χ0n) is 80.1. The Kier molecular flexibility index (Phi) is 58.4. The number of carboxylic acids is 1. The standard InChI is InChI=1S/C91H149N7O36/c1-56(99)96-78-85(129-65(10)108)82(126-62(7)105)71(53-123-59(4)102)132-89(78)120-45-34-25-19-13-16-22-30-41-92-74(111)38-48-117-69-51-68(88(116)95-44-33-28-29-37-77(114)115)52-70(118-49-39-75(112)93-42-31-23-17-14-20-26-35-46-121-90-79(97-57(2)100)86(130-66(11)109)83(127-63(8)106)72(133-90)54-124-60(5)103)81(69)119-50-40-76(113)94-43-32-24-18-15-21-27-36-47-122-91-80(98-58(3)101)87(131-67(12)110)84(128-64(9)107)73(134-91)55-125-61(6)104/h68-73,78-87,89-91H,13-55H2,1-12H3,(H,92,111)(H,93,112)(H,94,113)(H,95,116)(H,96,99)(H,97,100)(H,98,101)(H,114,115)/t68?,69-,70-,71-,72-,73-,78-,79-,80-,81?,82+,83+,84+,85-,86-,87-,89-,90-,91-/m1/s1. The van der Waals surface area contributed by atoms with Gasteiger partial charge in [0.15, 0.2) is 55.5 Å². The van der Waals surface area contributed by atoms with E-state index in [-0.39, 0.29) is 128 Å². The van der Waals surface area contributed by atoms with Crippen molar-refractivity contribution in [3.63, 3.8) is 0 Å². The van der Waals surface area contributed by atoms with E-state index in [1.165, 1.54) is 41.5 Å². The fourth-order valence-electron chi connectivity index (χ4n) is 15.9. The molecule has 3 aliphatic heterocycles. The van der Waals surface area contributed by atoms with Gasteiger partial charge >= 0.3 is 59.7 Å². The molecule has 0 aromatic rings. The second-order valence-corrected chi connectivity index (χ2v) is 33.8. The number of esters is 9. The number of rotatable bonds is 67. The summed E-state index contributed by atoms with van der Waals surface area (Å²) >= 11 is 0. The van der Waals surface area contributed by atoms with Gasteiger partial charge in [0.2, 0.25) is 41.4 Å². The van der Waals surface area contributed by atoms with E-state index in [0.717, 1.165) is 138 Å². The molecule has 0 aromatic carbocycles. The van der Waals surface area contributed by atoms with Crippen LogP contribution in [0.15, 0.2) is 0 Å². The monoisotopic (exact) mass is 1920 g/mol. The number of hydrogen-bond acceptors (Lipinski definition) is 35. The number of carbonyl (C=O) groups excluding carboxylic acids is 16. The molecule has 1 saturated carbocycles. The van der Waals surface area contributed by atoms with Crippen LogP contribution in [0.4, 0.5) is 0 Å². The average Bonchev–Trinajstić information content (AvgIpc) is 0.782. The molecule has 0 unspecified atom stereocenters. The number of hydrogen-bond donors (Lipinski definition) is 8. The summed E-state index contributed by atoms with van der Waals surface area (Å²) in [5.74, 6) is -10.4. The molecule has 764 valence electrons. The van der Waals surface area contributed by atoms with Gasteiger partial charge in [-0.1, -0.05) is 103 Å². The van der Waals surface area contributed by atoms with Gasteiger partial charge in [-0.25, -0.2) is 0 Å². The molecule has 0 bridgehead atoms. The van der Waals surface area contributed by atoms with E-state index in [1.54, 1.807) is 0 Å². The molecular weight excluding hydrogens is 1770 g/mol. The fourth-order valence-corrected chi connectivity index (χ4v) is 15.9. The largest absolute Gasteiger partial charge is 0.481 e. The first kappa shape index (κ1) is 117. The number of aliphatic carboxylic acids is 1. The predicted octanol–water partition coefficient (Wildman–Crippen LogP) is 5.04. The van der Waals surface area contributed by atoms with Crippen LogP contribution in [0.25, 0.3) is 0 Å². The highest BCUT2D eigenvalue weighted by Crippen LogP contribution is 2.35. The summed E-state index contributed by atoms with van der Waals surface area (Å²) in [6.45, 7) is 15.0. The lowest BCUT2D eigenvalue weighted by Crippen LogP contribution is -2.66. The van der Waals surface area contributed by atoms with E-state index in [2.05, 4.69) is 37.2 Å². The Balaban J connectivity index is 1.34. The first-order valence-electron chi connectivity index (χ1n) is 47.1. The summed E-state index contributed by atoms with van der Waals surface area (Å²) in [7, 11) is 0. The summed E-state index contributed by atoms with van der Waals surface area (Å²) in [5, 5.41) is 29.1. The smallest absolute Gasteiger partial charge is 0.303 e. The quantitative estimate of drug-likeness (QED) is 0.0224. The molecule has 4 rings (SSSR count). The number of carbonyl (C=O) groups is 17. The van der Waals surface area contributed by atoms with Gasteiger partial charge in [-0.2, -0.15) is 0 Å². The van der Waals surface area contributed by atoms with Crippen molar-refractivity contribution in [1.82, 2.24) is 37.2 Å². The highest BCUT2D eigenvalue weighted by Gasteiger charge is 2.55. The lowest BCUT2D eigenvalue weighted by atomic mass is 9.82. The Morgan fingerprint density at radius 3 is 0.791 bits per heavy atom. The zero-order chi connectivity index (χ0) is 98.9. The van der Waals surface area contributed by atoms with Crippen LogP contribution < -0.4 is 37.2 Å². The minimum absolute atomic E-state index is 0.00761. The molecule has 3 saturated heterocycles. The second kappa shape index (κ2) is 67.0. The normalized spacial score (nSPS) is 24.2. The van der Waals surface area contributed by atoms with Crippen LogP contribution in [0.3, 0.4) is 0 Å². The van der Waals surface area contributed by atoms with E-state index in [9.17, 15) is 86.6 Å². The lowest BCUT2D eigenvalue weighted by molar-refractivity contribution is -0.277. The van der Waals surface area contributed by atoms with Crippen molar-refractivity contribution in [3.05, 3.63) is 0 Å². The highest BCUT2D eigenvalue weighted by molar-refractivity contribution is 5.80. The van der Waals surface area contributed by atoms with E-state index in [1.807, 2.05) is 0 Å². The van der Waals surface area contributed by atoms with Gasteiger partial charge in [-0.3, -0.25) is 81.5 Å². The molecule has 43 heteroatoms. The summed E-state index contributed by atoms with van der Waals surface area (Å²) < 4.78 is 105. The number of ether oxygens (including phenoxy) is 18. The zero-order valence-corrected chi connectivity index (χ0v) is 80.1. The first-order valence-corrected chi connectivity index (χ1v) is 47.1. The molecule has 7 amide bonds. The lowest BCUT2D eigenvalue weighted by Gasteiger charge is -2.44. The average molecular weight is 1920 g/mol. The van der Waals surface area contributed by atoms with Crippen LogP contribution in [-0.2, 0) is 167 Å². The third-order valence-corrected chi connectivity index (χ3v) is 22.0. The number of carboxylic acid groups (broad SMARTS) is 1. The van der Waals surface area contributed by atoms with E-state index in [4.69, 9.17) is 85.3 Å². The first-order chi connectivity index (χ1) is 63.9. The maximum atomic E-state index is 14.1. The van der Waals surface area contributed by atoms with Gasteiger partial charge < -0.3 is 128 Å². The van der Waals surface area contributed by atoms with Gasteiger partial charge in [-0.05, 0) is 64.2 Å². The molecule has 0 radical (unpaired) electrons. The van der Waals surface area contributed by atoms with Crippen LogP contribution in [-0.4, -0.2) is 302 Å². The molecule has 0 spiro atoms. The molecule has 0 aromatic heterocycles. The highest BCUT2D eigenvalue weighted by atomic mass is 16.7. The van der Waals surface area contributed by atoms with Crippen LogP contribution in [0.2, 0.25) is 0 Å². The van der Waals surface area contributed by atoms with E-state index in [0.29, 0.717) is 77.4 Å². The number of unbranched alkanes of at least 4 members (excludes halogenated alkanes) is 20. The summed E-state index contributed by atoms with van der Waals surface area (Å²) in [6.07, 6.45) is 1.31. The summed E-state index contributed by atoms with van der Waals surface area (Å²) in [5.41, 5.74) is 0. The number of nitrogens with one attached hydrogen (secondary N) is 7. The van der Waals surface area contributed by atoms with Crippen molar-refractivity contribution in [3.8, 4) is 0 Å². The maximum Gasteiger partial charge on any atom is 0.303 e. The van der Waals surface area contributed by atoms with Crippen LogP contribution in [0.1, 0.15) is 276 Å². The van der Waals surface area contributed by atoms with E-state index < -0.39 is 194 Å². The van der Waals surface area contributed by atoms with Crippen molar-refractivity contribution in [2.75, 3.05) is 85.6 Å². The topological polar surface area (TPSA) is 561 Å². The van der Waals surface area contributed by atoms with Gasteiger partial charge in [0.25, 0.3) is 0 Å². The fraction of sp³-hybridized carbons (Fsp3) is 0.813. The molecule has 134 heavy (non-hydrogen) atoms. The molecule has 1 aliphatic carbocycles. The SMILES string of the molecule is CC(=O)N[C@H]1[C@H](OCCCCCCCCCNC(=O)CCOC2[C@H](OCCC(=O)NCCCCCCCCCO[C@@H]3O[C@H](COC(C)=O)[C@H](OC(C)=O)[C@H](OC(C)=O)[C@H]3NC(C)=O)CC(C(=O)NCCCCCC(=O)O)C[C@H]2OCCC(=O)NCCCCCCCCCO[C@@H]2O[C@H](COC(C)=O)[C@H](OC(C)=O)[C@H](OC(C)=O)[C@H]2NC(C)=O)O[C@H](COC(C)=O)[C@H](OC(C)=O)[C@@H]1OC(C)=O. The van der Waals surface area contributed by atoms with Gasteiger partial charge in [0.05, 0.1) is 32.0 Å². The summed E-state index contributed by atoms with van der Waals surface area (Å²) in [4.78, 5) is 211. The molecule has 43 nitrogen and oxygen atoms in total. The third-order valence-electron chi connectivity index (χ3n) is 22.0. The maximum absolute atomic E-state index is 14.1. The third kappa shape index (κ3) is 49.9. The van der Waals surface area contributed by atoms with Crippen molar-refractivity contribution in [2.45, 2.75) is 386 Å². The van der Waals surface area contributed by atoms with Crippen LogP contribution in [0, 0.1) is 5.92 Å². The van der Waals surface area contributed by atoms with Crippen molar-refractivity contribution in [1.29, 1.82) is 0 Å². The number of amides is 7. The molecular formula is C91H149N7O36. The van der Waals surface area contributed by atoms with Crippen molar-refractivity contribution < 1.29 is 172 Å². The van der Waals surface area contributed by atoms with Gasteiger partial charge in [-0.15, -0.1) is 0 Å². The van der Waals surface area contributed by atoms with Crippen LogP contribution in [0.5, 0.6) is 0 Å². The van der Waals surface area contributed by atoms with Gasteiger partial charge in [0.1, 0.15) is 62.4 Å². The van der Waals surface area contributed by atoms with E-state index >= 15 is 0 Å².